The van der Waals surface area contributed by atoms with Gasteiger partial charge in [0.15, 0.2) is 5.78 Å². The van der Waals surface area contributed by atoms with Gasteiger partial charge in [-0.3, -0.25) is 4.79 Å². The molecule has 2 nitrogen and oxygen atoms in total. The molecule has 23 heavy (non-hydrogen) atoms. The summed E-state index contributed by atoms with van der Waals surface area (Å²) >= 11 is 0. The molecule has 0 radical (unpaired) electrons. The SMILES string of the molecule is C=C1CCC(=Cc2cc(C(C)(C)C)c(O)c(C(C)(C)C)c2)C1=O. The summed E-state index contributed by atoms with van der Waals surface area (Å²) in [6.07, 6.45) is 3.47. The smallest absolute Gasteiger partial charge is 0.184 e. The van der Waals surface area contributed by atoms with Crippen LogP contribution in [0.2, 0.25) is 0 Å². The highest BCUT2D eigenvalue weighted by molar-refractivity contribution is 6.12. The second-order valence-corrected chi connectivity index (χ2v) is 8.57. The molecule has 0 aliphatic heterocycles. The minimum absolute atomic E-state index is 0.0766. The minimum atomic E-state index is -0.165. The Morgan fingerprint density at radius 2 is 1.48 bits per heavy atom. The highest BCUT2D eigenvalue weighted by atomic mass is 16.3. The maximum absolute atomic E-state index is 12.1. The highest BCUT2D eigenvalue weighted by Gasteiger charge is 2.27. The molecule has 0 unspecified atom stereocenters. The number of carbonyl (C=O) groups is 1. The van der Waals surface area contributed by atoms with Crippen LogP contribution in [0.1, 0.15) is 71.1 Å². The molecule has 2 heteroatoms. The fraction of sp³-hybridized carbons (Fsp3) is 0.476. The van der Waals surface area contributed by atoms with Crippen molar-refractivity contribution >= 4 is 11.9 Å². The van der Waals surface area contributed by atoms with Gasteiger partial charge in [0.25, 0.3) is 0 Å². The van der Waals surface area contributed by atoms with Crippen LogP contribution in [-0.2, 0) is 15.6 Å². The van der Waals surface area contributed by atoms with Gasteiger partial charge in [0.05, 0.1) is 0 Å². The predicted octanol–water partition coefficient (Wildman–Crippen LogP) is 5.29. The molecule has 1 aliphatic carbocycles. The number of ketones is 1. The summed E-state index contributed by atoms with van der Waals surface area (Å²) in [5.41, 5.74) is 4.00. The zero-order chi connectivity index (χ0) is 17.6. The van der Waals surface area contributed by atoms with Crippen LogP contribution in [0, 0.1) is 0 Å². The number of rotatable bonds is 1. The van der Waals surface area contributed by atoms with Crippen LogP contribution >= 0.6 is 0 Å². The van der Waals surface area contributed by atoms with E-state index in [1.54, 1.807) is 0 Å². The third kappa shape index (κ3) is 3.57. The third-order valence-corrected chi connectivity index (χ3v) is 4.40. The molecular formula is C21H28O2. The van der Waals surface area contributed by atoms with Crippen LogP contribution in [-0.4, -0.2) is 10.9 Å². The zero-order valence-corrected chi connectivity index (χ0v) is 15.2. The maximum atomic E-state index is 12.1. The van der Waals surface area contributed by atoms with Gasteiger partial charge in [-0.15, -0.1) is 0 Å². The van der Waals surface area contributed by atoms with Gasteiger partial charge in [-0.1, -0.05) is 48.1 Å². The quantitative estimate of drug-likeness (QED) is 0.715. The van der Waals surface area contributed by atoms with Crippen molar-refractivity contribution in [2.45, 2.75) is 65.2 Å². The Balaban J connectivity index is 2.64. The van der Waals surface area contributed by atoms with Gasteiger partial charge in [0, 0.05) is 16.7 Å². The summed E-state index contributed by atoms with van der Waals surface area (Å²) < 4.78 is 0. The molecule has 124 valence electrons. The third-order valence-electron chi connectivity index (χ3n) is 4.40. The van der Waals surface area contributed by atoms with E-state index in [0.717, 1.165) is 35.1 Å². The van der Waals surface area contributed by atoms with Crippen LogP contribution in [0.15, 0.2) is 29.9 Å². The van der Waals surface area contributed by atoms with Gasteiger partial charge in [-0.2, -0.15) is 0 Å². The molecule has 0 atom stereocenters. The van der Waals surface area contributed by atoms with Crippen molar-refractivity contribution in [2.75, 3.05) is 0 Å². The minimum Gasteiger partial charge on any atom is -0.507 e. The fourth-order valence-corrected chi connectivity index (χ4v) is 2.96. The Bertz CT molecular complexity index is 657. The lowest BCUT2D eigenvalue weighted by molar-refractivity contribution is -0.111. The molecule has 0 aromatic heterocycles. The van der Waals surface area contributed by atoms with Crippen LogP contribution in [0.4, 0.5) is 0 Å². The molecule has 1 aromatic carbocycles. The molecule has 1 aromatic rings. The van der Waals surface area contributed by atoms with Crippen LogP contribution in [0.3, 0.4) is 0 Å². The Morgan fingerprint density at radius 1 is 1.00 bits per heavy atom. The van der Waals surface area contributed by atoms with Gasteiger partial charge in [-0.25, -0.2) is 0 Å². The van der Waals surface area contributed by atoms with E-state index < -0.39 is 0 Å². The fourth-order valence-electron chi connectivity index (χ4n) is 2.96. The van der Waals surface area contributed by atoms with Gasteiger partial charge >= 0.3 is 0 Å². The number of allylic oxidation sites excluding steroid dienone is 2. The summed E-state index contributed by atoms with van der Waals surface area (Å²) in [6.45, 7) is 16.4. The van der Waals surface area contributed by atoms with E-state index in [4.69, 9.17) is 0 Å². The lowest BCUT2D eigenvalue weighted by Crippen LogP contribution is -2.17. The number of hydrogen-bond donors (Lipinski definition) is 1. The van der Waals surface area contributed by atoms with Crippen molar-refractivity contribution in [3.05, 3.63) is 46.5 Å². The Morgan fingerprint density at radius 3 is 1.83 bits per heavy atom. The molecule has 0 saturated heterocycles. The lowest BCUT2D eigenvalue weighted by atomic mass is 9.78. The van der Waals surface area contributed by atoms with Gasteiger partial charge in [0.2, 0.25) is 0 Å². The van der Waals surface area contributed by atoms with E-state index in [2.05, 4.69) is 48.1 Å². The number of benzene rings is 1. The topological polar surface area (TPSA) is 37.3 Å². The summed E-state index contributed by atoms with van der Waals surface area (Å²) in [4.78, 5) is 12.1. The first-order chi connectivity index (χ1) is 10.4. The van der Waals surface area contributed by atoms with Crippen LogP contribution in [0.5, 0.6) is 5.75 Å². The molecule has 0 amide bonds. The van der Waals surface area contributed by atoms with Crippen LogP contribution < -0.4 is 0 Å². The molecule has 1 saturated carbocycles. The van der Waals surface area contributed by atoms with E-state index in [9.17, 15) is 9.90 Å². The number of hydrogen-bond acceptors (Lipinski definition) is 2. The molecule has 1 N–H and O–H groups in total. The first-order valence-corrected chi connectivity index (χ1v) is 8.22. The zero-order valence-electron chi connectivity index (χ0n) is 15.2. The Kier molecular flexibility index (Phi) is 4.32. The summed E-state index contributed by atoms with van der Waals surface area (Å²) in [7, 11) is 0. The lowest BCUT2D eigenvalue weighted by Gasteiger charge is -2.28. The predicted molar refractivity (Wildman–Crippen MR) is 96.9 cm³/mol. The largest absolute Gasteiger partial charge is 0.507 e. The number of phenolic OH excluding ortho intramolecular Hbond substituents is 1. The number of phenols is 1. The second-order valence-electron chi connectivity index (χ2n) is 8.57. The van der Waals surface area contributed by atoms with Crippen molar-refractivity contribution in [2.24, 2.45) is 0 Å². The number of carbonyl (C=O) groups excluding carboxylic acids is 1. The monoisotopic (exact) mass is 312 g/mol. The van der Waals surface area contributed by atoms with Gasteiger partial charge < -0.3 is 5.11 Å². The van der Waals surface area contributed by atoms with Crippen molar-refractivity contribution in [3.63, 3.8) is 0 Å². The average Bonchev–Trinajstić information content (AvgIpc) is 2.70. The Hall–Kier alpha value is -1.83. The van der Waals surface area contributed by atoms with Crippen molar-refractivity contribution in [1.29, 1.82) is 0 Å². The van der Waals surface area contributed by atoms with Gasteiger partial charge in [0.1, 0.15) is 5.75 Å². The Labute approximate surface area is 139 Å². The van der Waals surface area contributed by atoms with Crippen molar-refractivity contribution in [3.8, 4) is 5.75 Å². The highest BCUT2D eigenvalue weighted by Crippen LogP contribution is 2.40. The van der Waals surface area contributed by atoms with Crippen molar-refractivity contribution < 1.29 is 9.90 Å². The van der Waals surface area contributed by atoms with E-state index >= 15 is 0 Å². The molecule has 0 heterocycles. The first kappa shape index (κ1) is 17.5. The molecule has 0 bridgehead atoms. The summed E-state index contributed by atoms with van der Waals surface area (Å²) in [5.74, 6) is 0.446. The summed E-state index contributed by atoms with van der Waals surface area (Å²) in [6, 6.07) is 4.01. The summed E-state index contributed by atoms with van der Waals surface area (Å²) in [5, 5.41) is 10.7. The molecule has 2 rings (SSSR count). The average molecular weight is 312 g/mol. The van der Waals surface area contributed by atoms with E-state index in [0.29, 0.717) is 11.3 Å². The van der Waals surface area contributed by atoms with E-state index in [1.807, 2.05) is 18.2 Å². The van der Waals surface area contributed by atoms with Crippen LogP contribution in [0.25, 0.3) is 6.08 Å². The molecule has 0 spiro atoms. The normalized spacial score (nSPS) is 18.1. The second kappa shape index (κ2) is 5.67. The van der Waals surface area contributed by atoms with E-state index in [-0.39, 0.29) is 16.6 Å². The molecule has 1 aliphatic rings. The van der Waals surface area contributed by atoms with Crippen molar-refractivity contribution in [1.82, 2.24) is 0 Å². The molecular weight excluding hydrogens is 284 g/mol. The van der Waals surface area contributed by atoms with E-state index in [1.165, 1.54) is 0 Å². The molecule has 1 fully saturated rings. The number of aromatic hydroxyl groups is 1. The first-order valence-electron chi connectivity index (χ1n) is 8.22. The number of Topliss-reactive ketones (excluding diaryl/α,β-unsaturated/α-hetero) is 1. The maximum Gasteiger partial charge on any atom is 0.184 e. The standard InChI is InChI=1S/C21H28O2/c1-13-8-9-15(18(13)22)10-14-11-16(20(2,3)4)19(23)17(12-14)21(5,6)7/h10-12,23H,1,8-9H2,2-7H3. The van der Waals surface area contributed by atoms with Gasteiger partial charge in [-0.05, 0) is 53.0 Å².